The minimum Gasteiger partial charge on any atom is -0.492 e. The maximum Gasteiger partial charge on any atom is 0.231 e. The number of ether oxygens (including phenoxy) is 3. The zero-order valence-electron chi connectivity index (χ0n) is 13.6. The number of benzene rings is 2. The van der Waals surface area contributed by atoms with Crippen LogP contribution in [-0.4, -0.2) is 25.9 Å². The van der Waals surface area contributed by atoms with Crippen molar-refractivity contribution in [2.24, 2.45) is 10.7 Å². The number of hydrogen-bond donors (Lipinski definition) is 2. The second-order valence-corrected chi connectivity index (χ2v) is 5.31. The molecule has 2 aromatic carbocycles. The molecule has 0 saturated carbocycles. The molecule has 0 aromatic heterocycles. The Hall–Kier alpha value is -2.89. The molecule has 0 fully saturated rings. The lowest BCUT2D eigenvalue weighted by molar-refractivity contribution is 0.174. The van der Waals surface area contributed by atoms with Crippen molar-refractivity contribution in [3.05, 3.63) is 48.0 Å². The maximum absolute atomic E-state index is 5.90. The lowest BCUT2D eigenvalue weighted by Crippen LogP contribution is -2.23. The summed E-state index contributed by atoms with van der Waals surface area (Å²) in [6.07, 6.45) is 0.982. The fraction of sp³-hybridized carbons (Fsp3) is 0.278. The second kappa shape index (κ2) is 7.59. The molecule has 1 aliphatic heterocycles. The van der Waals surface area contributed by atoms with Crippen LogP contribution in [0, 0.1) is 0 Å². The topological polar surface area (TPSA) is 78.1 Å². The SMILES string of the molecule is CCc1cccc(NC(N)=NCCOc2ccc3c(c2)OCO3)c1. The standard InChI is InChI=1S/C18H21N3O3/c1-2-13-4-3-5-14(10-13)21-18(19)20-8-9-22-15-6-7-16-17(11-15)24-12-23-16/h3-7,10-11H,2,8-9,12H2,1H3,(H3,19,20,21). The molecule has 3 N–H and O–H groups in total. The summed E-state index contributed by atoms with van der Waals surface area (Å²) in [5.74, 6) is 2.53. The molecule has 126 valence electrons. The number of nitrogens with one attached hydrogen (secondary N) is 1. The van der Waals surface area contributed by atoms with E-state index in [0.29, 0.717) is 24.9 Å². The van der Waals surface area contributed by atoms with Crippen molar-refractivity contribution >= 4 is 11.6 Å². The van der Waals surface area contributed by atoms with Gasteiger partial charge in [0, 0.05) is 11.8 Å². The Balaban J connectivity index is 1.47. The van der Waals surface area contributed by atoms with Gasteiger partial charge in [0.1, 0.15) is 12.4 Å². The molecule has 2 aromatic rings. The van der Waals surface area contributed by atoms with E-state index in [1.165, 1.54) is 5.56 Å². The molecule has 3 rings (SSSR count). The number of fused-ring (bicyclic) bond motifs is 1. The first-order valence-electron chi connectivity index (χ1n) is 7.93. The van der Waals surface area contributed by atoms with Gasteiger partial charge in [-0.25, -0.2) is 4.99 Å². The van der Waals surface area contributed by atoms with Gasteiger partial charge in [-0.3, -0.25) is 0 Å². The van der Waals surface area contributed by atoms with E-state index in [2.05, 4.69) is 29.4 Å². The van der Waals surface area contributed by atoms with Gasteiger partial charge in [0.25, 0.3) is 0 Å². The third-order valence-corrected chi connectivity index (χ3v) is 3.59. The molecule has 0 atom stereocenters. The number of aryl methyl sites for hydroxylation is 1. The maximum atomic E-state index is 5.90. The van der Waals surface area contributed by atoms with Crippen LogP contribution in [-0.2, 0) is 6.42 Å². The third kappa shape index (κ3) is 4.10. The van der Waals surface area contributed by atoms with Gasteiger partial charge in [0.2, 0.25) is 6.79 Å². The van der Waals surface area contributed by atoms with Crippen LogP contribution in [0.1, 0.15) is 12.5 Å². The summed E-state index contributed by atoms with van der Waals surface area (Å²) in [6.45, 7) is 3.26. The van der Waals surface area contributed by atoms with E-state index >= 15 is 0 Å². The van der Waals surface area contributed by atoms with Crippen LogP contribution < -0.4 is 25.3 Å². The average molecular weight is 327 g/mol. The monoisotopic (exact) mass is 327 g/mol. The van der Waals surface area contributed by atoms with E-state index in [-0.39, 0.29) is 6.79 Å². The van der Waals surface area contributed by atoms with Crippen LogP contribution >= 0.6 is 0 Å². The quantitative estimate of drug-likeness (QED) is 0.484. The van der Waals surface area contributed by atoms with Crippen molar-refractivity contribution in [1.82, 2.24) is 0 Å². The van der Waals surface area contributed by atoms with Crippen LogP contribution in [0.15, 0.2) is 47.5 Å². The predicted octanol–water partition coefficient (Wildman–Crippen LogP) is 2.78. The lowest BCUT2D eigenvalue weighted by Gasteiger charge is -2.08. The molecule has 0 saturated heterocycles. The second-order valence-electron chi connectivity index (χ2n) is 5.31. The highest BCUT2D eigenvalue weighted by atomic mass is 16.7. The molecule has 0 radical (unpaired) electrons. The summed E-state index contributed by atoms with van der Waals surface area (Å²) in [6, 6.07) is 13.6. The number of hydrogen-bond acceptors (Lipinski definition) is 4. The summed E-state index contributed by atoms with van der Waals surface area (Å²) >= 11 is 0. The van der Waals surface area contributed by atoms with Gasteiger partial charge in [-0.1, -0.05) is 19.1 Å². The van der Waals surface area contributed by atoms with E-state index in [1.807, 2.05) is 30.3 Å². The minimum absolute atomic E-state index is 0.254. The number of nitrogens with zero attached hydrogens (tertiary/aromatic N) is 1. The molecule has 0 amide bonds. The van der Waals surface area contributed by atoms with Crippen molar-refractivity contribution in [1.29, 1.82) is 0 Å². The molecular weight excluding hydrogens is 306 g/mol. The van der Waals surface area contributed by atoms with Gasteiger partial charge in [-0.05, 0) is 36.2 Å². The summed E-state index contributed by atoms with van der Waals surface area (Å²) < 4.78 is 16.2. The number of guanidine groups is 1. The molecule has 1 heterocycles. The van der Waals surface area contributed by atoms with Crippen molar-refractivity contribution in [2.75, 3.05) is 25.3 Å². The van der Waals surface area contributed by atoms with Crippen LogP contribution in [0.3, 0.4) is 0 Å². The Morgan fingerprint density at radius 1 is 1.21 bits per heavy atom. The van der Waals surface area contributed by atoms with Gasteiger partial charge in [0.05, 0.1) is 6.54 Å². The third-order valence-electron chi connectivity index (χ3n) is 3.59. The molecule has 6 nitrogen and oxygen atoms in total. The van der Waals surface area contributed by atoms with Gasteiger partial charge in [-0.15, -0.1) is 0 Å². The van der Waals surface area contributed by atoms with E-state index in [0.717, 1.165) is 23.6 Å². The number of aliphatic imine (C=N–C) groups is 1. The molecule has 0 spiro atoms. The van der Waals surface area contributed by atoms with Gasteiger partial charge >= 0.3 is 0 Å². The zero-order valence-corrected chi connectivity index (χ0v) is 13.6. The van der Waals surface area contributed by atoms with Crippen LogP contribution in [0.5, 0.6) is 17.2 Å². The number of anilines is 1. The summed E-state index contributed by atoms with van der Waals surface area (Å²) in [5, 5.41) is 3.08. The Labute approximate surface area is 141 Å². The zero-order chi connectivity index (χ0) is 16.8. The van der Waals surface area contributed by atoms with Gasteiger partial charge < -0.3 is 25.3 Å². The van der Waals surface area contributed by atoms with Crippen molar-refractivity contribution in [3.63, 3.8) is 0 Å². The largest absolute Gasteiger partial charge is 0.492 e. The number of rotatable bonds is 6. The molecule has 24 heavy (non-hydrogen) atoms. The normalized spacial score (nSPS) is 13.0. The summed E-state index contributed by atoms with van der Waals surface area (Å²) in [4.78, 5) is 4.26. The van der Waals surface area contributed by atoms with E-state index in [9.17, 15) is 0 Å². The summed E-state index contributed by atoms with van der Waals surface area (Å²) in [5.41, 5.74) is 8.08. The Morgan fingerprint density at radius 2 is 2.08 bits per heavy atom. The fourth-order valence-electron chi connectivity index (χ4n) is 2.35. The highest BCUT2D eigenvalue weighted by Gasteiger charge is 2.13. The molecule has 0 bridgehead atoms. The first-order chi connectivity index (χ1) is 11.7. The van der Waals surface area contributed by atoms with Crippen LogP contribution in [0.4, 0.5) is 5.69 Å². The first kappa shape index (κ1) is 16.0. The van der Waals surface area contributed by atoms with Gasteiger partial charge in [-0.2, -0.15) is 0 Å². The minimum atomic E-state index is 0.254. The molecule has 0 unspecified atom stereocenters. The smallest absolute Gasteiger partial charge is 0.231 e. The molecule has 6 heteroatoms. The summed E-state index contributed by atoms with van der Waals surface area (Å²) in [7, 11) is 0. The first-order valence-corrected chi connectivity index (χ1v) is 7.93. The number of nitrogens with two attached hydrogens (primary N) is 1. The van der Waals surface area contributed by atoms with Crippen molar-refractivity contribution < 1.29 is 14.2 Å². The van der Waals surface area contributed by atoms with Crippen LogP contribution in [0.2, 0.25) is 0 Å². The lowest BCUT2D eigenvalue weighted by atomic mass is 10.1. The molecular formula is C18H21N3O3. The van der Waals surface area contributed by atoms with E-state index in [4.69, 9.17) is 19.9 Å². The predicted molar refractivity (Wildman–Crippen MR) is 94.0 cm³/mol. The molecule has 0 aliphatic carbocycles. The van der Waals surface area contributed by atoms with Crippen molar-refractivity contribution in [3.8, 4) is 17.2 Å². The van der Waals surface area contributed by atoms with E-state index in [1.54, 1.807) is 0 Å². The highest BCUT2D eigenvalue weighted by Crippen LogP contribution is 2.34. The Bertz CT molecular complexity index is 731. The Morgan fingerprint density at radius 3 is 2.96 bits per heavy atom. The highest BCUT2D eigenvalue weighted by molar-refractivity contribution is 5.92. The Kier molecular flexibility index (Phi) is 5.05. The van der Waals surface area contributed by atoms with Crippen LogP contribution in [0.25, 0.3) is 0 Å². The van der Waals surface area contributed by atoms with E-state index < -0.39 is 0 Å². The van der Waals surface area contributed by atoms with Gasteiger partial charge in [0.15, 0.2) is 17.5 Å². The molecule has 1 aliphatic rings. The van der Waals surface area contributed by atoms with Crippen molar-refractivity contribution in [2.45, 2.75) is 13.3 Å². The fourth-order valence-corrected chi connectivity index (χ4v) is 2.35. The average Bonchev–Trinajstić information content (AvgIpc) is 3.06.